The number of alkyl halides is 2. The van der Waals surface area contributed by atoms with E-state index in [4.69, 9.17) is 10.2 Å². The highest BCUT2D eigenvalue weighted by molar-refractivity contribution is 4.95. The van der Waals surface area contributed by atoms with E-state index in [1.54, 1.807) is 0 Å². The van der Waals surface area contributed by atoms with Crippen molar-refractivity contribution < 1.29 is 19.0 Å². The Kier molecular flexibility index (Phi) is 1.92. The van der Waals surface area contributed by atoms with Crippen molar-refractivity contribution in [3.8, 4) is 0 Å². The van der Waals surface area contributed by atoms with Crippen molar-refractivity contribution in [3.05, 3.63) is 0 Å². The van der Waals surface area contributed by atoms with Crippen LogP contribution in [0.15, 0.2) is 0 Å². The van der Waals surface area contributed by atoms with E-state index in [2.05, 4.69) is 0 Å². The van der Waals surface area contributed by atoms with Gasteiger partial charge in [0, 0.05) is 6.61 Å². The van der Waals surface area contributed by atoms with Gasteiger partial charge in [0.2, 0.25) is 0 Å². The molecule has 0 amide bonds. The van der Waals surface area contributed by atoms with Gasteiger partial charge < -0.3 is 10.2 Å². The second kappa shape index (κ2) is 2.43. The molecule has 0 aliphatic heterocycles. The molecule has 0 spiro atoms. The third-order valence-electron chi connectivity index (χ3n) is 1.95. The van der Waals surface area contributed by atoms with Crippen molar-refractivity contribution in [2.75, 3.05) is 6.61 Å². The van der Waals surface area contributed by atoms with Crippen LogP contribution in [0, 0.1) is 5.92 Å². The summed E-state index contributed by atoms with van der Waals surface area (Å²) >= 11 is 0. The quantitative estimate of drug-likeness (QED) is 0.600. The molecule has 1 aliphatic carbocycles. The van der Waals surface area contributed by atoms with Crippen LogP contribution in [0.3, 0.4) is 0 Å². The van der Waals surface area contributed by atoms with Crippen LogP contribution in [0.1, 0.15) is 12.8 Å². The first-order chi connectivity index (χ1) is 4.58. The summed E-state index contributed by atoms with van der Waals surface area (Å²) in [5, 5.41) is 17.4. The third kappa shape index (κ3) is 1.13. The molecule has 0 bridgehead atoms. The maximum Gasteiger partial charge on any atom is 0.266 e. The Morgan fingerprint density at radius 3 is 2.30 bits per heavy atom. The maximum absolute atomic E-state index is 11.8. The molecular formula is C6H10F2O2. The molecule has 1 rings (SSSR count). The summed E-state index contributed by atoms with van der Waals surface area (Å²) in [5.74, 6) is -0.126. The van der Waals surface area contributed by atoms with Crippen LogP contribution in [0.25, 0.3) is 0 Å². The Bertz CT molecular complexity index is 121. The van der Waals surface area contributed by atoms with E-state index in [1.165, 1.54) is 0 Å². The molecule has 0 aromatic carbocycles. The lowest BCUT2D eigenvalue weighted by atomic mass is 9.71. The van der Waals surface area contributed by atoms with Crippen LogP contribution < -0.4 is 0 Å². The van der Waals surface area contributed by atoms with E-state index < -0.39 is 12.0 Å². The smallest absolute Gasteiger partial charge is 0.266 e. The molecule has 0 radical (unpaired) electrons. The number of rotatable bonds is 2. The standard InChI is InChI=1S/C6H10F2O2/c7-5(8)6(10)1-4(2-6)3-9/h4-5,9-10H,1-3H2. The van der Waals surface area contributed by atoms with E-state index >= 15 is 0 Å². The lowest BCUT2D eigenvalue weighted by Crippen LogP contribution is -2.50. The minimum absolute atomic E-state index is 0.0289. The first-order valence-electron chi connectivity index (χ1n) is 3.20. The van der Waals surface area contributed by atoms with Crippen molar-refractivity contribution in [2.45, 2.75) is 24.9 Å². The van der Waals surface area contributed by atoms with Crippen LogP contribution >= 0.6 is 0 Å². The zero-order chi connectivity index (χ0) is 7.78. The molecule has 0 atom stereocenters. The predicted octanol–water partition coefficient (Wildman–Crippen LogP) is 0.385. The Balaban J connectivity index is 2.34. The first kappa shape index (κ1) is 7.88. The van der Waals surface area contributed by atoms with Gasteiger partial charge in [0.1, 0.15) is 5.60 Å². The van der Waals surface area contributed by atoms with Crippen LogP contribution in [-0.4, -0.2) is 28.8 Å². The molecule has 1 saturated carbocycles. The van der Waals surface area contributed by atoms with E-state index in [0.29, 0.717) is 0 Å². The first-order valence-corrected chi connectivity index (χ1v) is 3.20. The zero-order valence-electron chi connectivity index (χ0n) is 5.43. The minimum atomic E-state index is -2.67. The summed E-state index contributed by atoms with van der Waals surface area (Å²) in [6, 6.07) is 0. The number of aliphatic hydroxyl groups excluding tert-OH is 1. The minimum Gasteiger partial charge on any atom is -0.396 e. The van der Waals surface area contributed by atoms with Crippen molar-refractivity contribution in [2.24, 2.45) is 5.92 Å². The van der Waals surface area contributed by atoms with Gasteiger partial charge in [-0.1, -0.05) is 0 Å². The zero-order valence-corrected chi connectivity index (χ0v) is 5.43. The Morgan fingerprint density at radius 2 is 2.00 bits per heavy atom. The summed E-state index contributed by atoms with van der Waals surface area (Å²) in [6.45, 7) is -0.102. The fourth-order valence-corrected chi connectivity index (χ4v) is 1.25. The molecule has 60 valence electrons. The number of hydrogen-bond donors (Lipinski definition) is 2. The highest BCUT2D eigenvalue weighted by Gasteiger charge is 2.49. The number of aliphatic hydroxyl groups is 2. The van der Waals surface area contributed by atoms with Crippen LogP contribution in [0.2, 0.25) is 0 Å². The molecule has 1 aliphatic rings. The lowest BCUT2D eigenvalue weighted by Gasteiger charge is -2.41. The van der Waals surface area contributed by atoms with Crippen molar-refractivity contribution in [3.63, 3.8) is 0 Å². The molecule has 0 unspecified atom stereocenters. The fraction of sp³-hybridized carbons (Fsp3) is 1.00. The average molecular weight is 152 g/mol. The van der Waals surface area contributed by atoms with Gasteiger partial charge in [0.15, 0.2) is 0 Å². The maximum atomic E-state index is 11.8. The van der Waals surface area contributed by atoms with Crippen LogP contribution in [-0.2, 0) is 0 Å². The van der Waals surface area contributed by atoms with E-state index in [1.807, 2.05) is 0 Å². The van der Waals surface area contributed by atoms with Gasteiger partial charge in [-0.05, 0) is 18.8 Å². The summed E-state index contributed by atoms with van der Waals surface area (Å²) in [7, 11) is 0. The summed E-state index contributed by atoms with van der Waals surface area (Å²) in [5.41, 5.74) is -1.80. The van der Waals surface area contributed by atoms with Crippen molar-refractivity contribution in [1.29, 1.82) is 0 Å². The van der Waals surface area contributed by atoms with Gasteiger partial charge in [-0.3, -0.25) is 0 Å². The molecule has 0 saturated heterocycles. The largest absolute Gasteiger partial charge is 0.396 e. The lowest BCUT2D eigenvalue weighted by molar-refractivity contribution is -0.174. The van der Waals surface area contributed by atoms with Crippen molar-refractivity contribution in [1.82, 2.24) is 0 Å². The molecule has 2 nitrogen and oxygen atoms in total. The third-order valence-corrected chi connectivity index (χ3v) is 1.95. The van der Waals surface area contributed by atoms with Crippen molar-refractivity contribution >= 4 is 0 Å². The summed E-state index contributed by atoms with van der Waals surface area (Å²) in [4.78, 5) is 0. The Hall–Kier alpha value is -0.220. The molecule has 0 aromatic heterocycles. The Morgan fingerprint density at radius 1 is 1.50 bits per heavy atom. The van der Waals surface area contributed by atoms with Crippen LogP contribution in [0.4, 0.5) is 8.78 Å². The SMILES string of the molecule is OCC1CC(O)(C(F)F)C1. The molecule has 0 heterocycles. The highest BCUT2D eigenvalue weighted by Crippen LogP contribution is 2.41. The monoisotopic (exact) mass is 152 g/mol. The van der Waals surface area contributed by atoms with Gasteiger partial charge in [0.05, 0.1) is 0 Å². The van der Waals surface area contributed by atoms with Crippen LogP contribution in [0.5, 0.6) is 0 Å². The van der Waals surface area contributed by atoms with Gasteiger partial charge >= 0.3 is 0 Å². The van der Waals surface area contributed by atoms with Gasteiger partial charge in [0.25, 0.3) is 6.43 Å². The topological polar surface area (TPSA) is 40.5 Å². The van der Waals surface area contributed by atoms with Gasteiger partial charge in [-0.2, -0.15) is 0 Å². The second-order valence-electron chi connectivity index (χ2n) is 2.86. The molecule has 2 N–H and O–H groups in total. The highest BCUT2D eigenvalue weighted by atomic mass is 19.3. The Labute approximate surface area is 57.5 Å². The molecule has 0 aromatic rings. The normalized spacial score (nSPS) is 39.9. The fourth-order valence-electron chi connectivity index (χ4n) is 1.25. The number of hydrogen-bond acceptors (Lipinski definition) is 2. The summed E-state index contributed by atoms with van der Waals surface area (Å²) < 4.78 is 23.7. The average Bonchev–Trinajstić information content (AvgIpc) is 1.80. The molecule has 4 heteroatoms. The molecule has 10 heavy (non-hydrogen) atoms. The molecular weight excluding hydrogens is 142 g/mol. The van der Waals surface area contributed by atoms with Gasteiger partial charge in [-0.25, -0.2) is 8.78 Å². The second-order valence-corrected chi connectivity index (χ2v) is 2.86. The van der Waals surface area contributed by atoms with E-state index in [0.717, 1.165) is 0 Å². The predicted molar refractivity (Wildman–Crippen MR) is 30.8 cm³/mol. The summed E-state index contributed by atoms with van der Waals surface area (Å²) in [6.07, 6.45) is -2.61. The van der Waals surface area contributed by atoms with E-state index in [-0.39, 0.29) is 25.4 Å². The van der Waals surface area contributed by atoms with Gasteiger partial charge in [-0.15, -0.1) is 0 Å². The molecule has 1 fully saturated rings. The van der Waals surface area contributed by atoms with E-state index in [9.17, 15) is 8.78 Å². The number of halogens is 2.